The number of aromatic amines is 1. The minimum atomic E-state index is 0. The number of para-hydroxylation sites is 1. The molecule has 0 spiro atoms. The first-order valence-electron chi connectivity index (χ1n) is 9.54. The van der Waals surface area contributed by atoms with Crippen LogP contribution in [0.5, 0.6) is 0 Å². The van der Waals surface area contributed by atoms with Crippen molar-refractivity contribution in [1.82, 2.24) is 15.5 Å². The third-order valence-electron chi connectivity index (χ3n) is 4.45. The summed E-state index contributed by atoms with van der Waals surface area (Å²) in [6.45, 7) is 3.34. The van der Waals surface area contributed by atoms with Crippen LogP contribution in [0.25, 0.3) is 0 Å². The standard InChI is InChI=1S/C22H25N7.HI/c1-16-9-11-17(12-10-16)15-26-22(27-18-6-3-2-4-7-18)25-13-5-8-20-19(14-23)21(24)29-28-20;/h2-4,6-7,9-12H,5,8,13,15H2,1H3,(H3,24,28,29)(H2,25,26,27);1H. The molecule has 0 bridgehead atoms. The number of guanidine groups is 1. The van der Waals surface area contributed by atoms with Crippen LogP contribution in [0.2, 0.25) is 0 Å². The van der Waals surface area contributed by atoms with Gasteiger partial charge in [0, 0.05) is 12.2 Å². The molecule has 8 heteroatoms. The van der Waals surface area contributed by atoms with Crippen LogP contribution in [-0.4, -0.2) is 22.7 Å². The number of hydrogen-bond donors (Lipinski definition) is 4. The van der Waals surface area contributed by atoms with Gasteiger partial charge >= 0.3 is 0 Å². The van der Waals surface area contributed by atoms with E-state index in [-0.39, 0.29) is 29.8 Å². The minimum absolute atomic E-state index is 0. The highest BCUT2D eigenvalue weighted by Crippen LogP contribution is 2.13. The number of nitrogens with two attached hydrogens (primary N) is 1. The zero-order valence-electron chi connectivity index (χ0n) is 16.9. The lowest BCUT2D eigenvalue weighted by Gasteiger charge is -2.13. The Labute approximate surface area is 193 Å². The summed E-state index contributed by atoms with van der Waals surface area (Å²) in [5.74, 6) is 0.961. The molecule has 0 saturated heterocycles. The van der Waals surface area contributed by atoms with Crippen LogP contribution in [0.1, 0.15) is 28.8 Å². The molecule has 0 unspecified atom stereocenters. The lowest BCUT2D eigenvalue weighted by Crippen LogP contribution is -2.32. The van der Waals surface area contributed by atoms with Crippen LogP contribution in [-0.2, 0) is 13.0 Å². The van der Waals surface area contributed by atoms with E-state index in [0.29, 0.717) is 31.0 Å². The van der Waals surface area contributed by atoms with E-state index in [1.807, 2.05) is 30.3 Å². The molecule has 7 nitrogen and oxygen atoms in total. The van der Waals surface area contributed by atoms with Crippen molar-refractivity contribution in [2.45, 2.75) is 26.3 Å². The van der Waals surface area contributed by atoms with E-state index in [4.69, 9.17) is 16.0 Å². The summed E-state index contributed by atoms with van der Waals surface area (Å²) >= 11 is 0. The lowest BCUT2D eigenvalue weighted by molar-refractivity contribution is 0.751. The zero-order chi connectivity index (χ0) is 20.5. The van der Waals surface area contributed by atoms with Gasteiger partial charge in [-0.3, -0.25) is 5.10 Å². The van der Waals surface area contributed by atoms with Crippen LogP contribution in [0, 0.1) is 18.3 Å². The van der Waals surface area contributed by atoms with Crippen molar-refractivity contribution in [3.63, 3.8) is 0 Å². The quantitative estimate of drug-likeness (QED) is 0.165. The predicted molar refractivity (Wildman–Crippen MR) is 132 cm³/mol. The van der Waals surface area contributed by atoms with Gasteiger partial charge in [-0.2, -0.15) is 10.4 Å². The molecule has 0 atom stereocenters. The van der Waals surface area contributed by atoms with E-state index < -0.39 is 0 Å². The molecule has 0 aliphatic rings. The number of aryl methyl sites for hydroxylation is 2. The summed E-state index contributed by atoms with van der Waals surface area (Å²) < 4.78 is 0. The van der Waals surface area contributed by atoms with E-state index in [9.17, 15) is 0 Å². The Balaban J connectivity index is 0.00000320. The molecule has 5 N–H and O–H groups in total. The molecule has 3 rings (SSSR count). The Bertz CT molecular complexity index is 989. The number of nitriles is 1. The second-order valence-electron chi connectivity index (χ2n) is 6.75. The summed E-state index contributed by atoms with van der Waals surface area (Å²) in [6, 6.07) is 20.4. The van der Waals surface area contributed by atoms with Gasteiger partial charge in [0.25, 0.3) is 0 Å². The van der Waals surface area contributed by atoms with Gasteiger partial charge in [-0.1, -0.05) is 48.0 Å². The summed E-state index contributed by atoms with van der Waals surface area (Å²) in [4.78, 5) is 4.70. The summed E-state index contributed by atoms with van der Waals surface area (Å²) in [6.07, 6.45) is 1.48. The number of halogens is 1. The molecule has 1 heterocycles. The van der Waals surface area contributed by atoms with Crippen molar-refractivity contribution in [3.05, 3.63) is 77.0 Å². The van der Waals surface area contributed by atoms with Gasteiger partial charge in [0.2, 0.25) is 0 Å². The molecular formula is C22H26IN7. The van der Waals surface area contributed by atoms with Gasteiger partial charge in [0.05, 0.1) is 12.2 Å². The smallest absolute Gasteiger partial charge is 0.196 e. The SMILES string of the molecule is Cc1ccc(CN=C(NCCCc2[nH]nc(N)c2C#N)Nc2ccccc2)cc1.I. The van der Waals surface area contributed by atoms with Gasteiger partial charge in [-0.25, -0.2) is 4.99 Å². The van der Waals surface area contributed by atoms with E-state index in [2.05, 4.69) is 58.1 Å². The summed E-state index contributed by atoms with van der Waals surface area (Å²) in [7, 11) is 0. The van der Waals surface area contributed by atoms with Gasteiger partial charge < -0.3 is 16.4 Å². The Morgan fingerprint density at radius 1 is 1.17 bits per heavy atom. The zero-order valence-corrected chi connectivity index (χ0v) is 19.2. The van der Waals surface area contributed by atoms with Crippen molar-refractivity contribution < 1.29 is 0 Å². The average molecular weight is 515 g/mol. The third kappa shape index (κ3) is 6.77. The van der Waals surface area contributed by atoms with Crippen molar-refractivity contribution in [3.8, 4) is 6.07 Å². The number of rotatable bonds is 7. The summed E-state index contributed by atoms with van der Waals surface area (Å²) in [5, 5.41) is 22.6. The van der Waals surface area contributed by atoms with Crippen molar-refractivity contribution in [1.29, 1.82) is 5.26 Å². The number of aromatic nitrogens is 2. The monoisotopic (exact) mass is 515 g/mol. The fourth-order valence-electron chi connectivity index (χ4n) is 2.83. The molecule has 0 amide bonds. The maximum absolute atomic E-state index is 9.16. The first kappa shape index (κ1) is 23.2. The average Bonchev–Trinajstić information content (AvgIpc) is 3.10. The van der Waals surface area contributed by atoms with Crippen molar-refractivity contribution in [2.75, 3.05) is 17.6 Å². The number of nitrogens with zero attached hydrogens (tertiary/aromatic N) is 3. The molecule has 1 aromatic heterocycles. The maximum Gasteiger partial charge on any atom is 0.196 e. The highest BCUT2D eigenvalue weighted by Gasteiger charge is 2.09. The van der Waals surface area contributed by atoms with Crippen LogP contribution in [0.15, 0.2) is 59.6 Å². The second-order valence-corrected chi connectivity index (χ2v) is 6.75. The highest BCUT2D eigenvalue weighted by atomic mass is 127. The van der Waals surface area contributed by atoms with E-state index in [1.54, 1.807) is 0 Å². The molecule has 30 heavy (non-hydrogen) atoms. The molecule has 156 valence electrons. The van der Waals surface area contributed by atoms with E-state index in [1.165, 1.54) is 5.56 Å². The van der Waals surface area contributed by atoms with Crippen LogP contribution in [0.3, 0.4) is 0 Å². The molecule has 3 aromatic rings. The lowest BCUT2D eigenvalue weighted by atomic mass is 10.1. The van der Waals surface area contributed by atoms with Crippen LogP contribution in [0.4, 0.5) is 11.5 Å². The number of anilines is 2. The Morgan fingerprint density at radius 2 is 1.90 bits per heavy atom. The largest absolute Gasteiger partial charge is 0.381 e. The number of nitrogens with one attached hydrogen (secondary N) is 3. The molecule has 0 saturated carbocycles. The fraction of sp³-hybridized carbons (Fsp3) is 0.227. The normalized spacial score (nSPS) is 10.7. The topological polar surface area (TPSA) is 115 Å². The van der Waals surface area contributed by atoms with Gasteiger partial charge in [-0.15, -0.1) is 24.0 Å². The highest BCUT2D eigenvalue weighted by molar-refractivity contribution is 14.0. The number of nitrogen functional groups attached to an aromatic ring is 1. The molecule has 0 aliphatic carbocycles. The molecule has 0 radical (unpaired) electrons. The second kappa shape index (κ2) is 11.8. The van der Waals surface area contributed by atoms with Gasteiger partial charge in [0.15, 0.2) is 11.8 Å². The predicted octanol–water partition coefficient (Wildman–Crippen LogP) is 3.98. The molecule has 2 aromatic carbocycles. The fourth-order valence-corrected chi connectivity index (χ4v) is 2.83. The van der Waals surface area contributed by atoms with Crippen molar-refractivity contribution >= 4 is 41.4 Å². The third-order valence-corrected chi connectivity index (χ3v) is 4.45. The molecule has 0 aliphatic heterocycles. The van der Waals surface area contributed by atoms with Crippen LogP contribution < -0.4 is 16.4 Å². The Kier molecular flexibility index (Phi) is 9.15. The van der Waals surface area contributed by atoms with Gasteiger partial charge in [0.1, 0.15) is 11.6 Å². The van der Waals surface area contributed by atoms with E-state index >= 15 is 0 Å². The first-order valence-corrected chi connectivity index (χ1v) is 9.54. The Morgan fingerprint density at radius 3 is 2.60 bits per heavy atom. The van der Waals surface area contributed by atoms with E-state index in [0.717, 1.165) is 23.4 Å². The Hall–Kier alpha value is -3.06. The number of H-pyrrole nitrogens is 1. The maximum atomic E-state index is 9.16. The van der Waals surface area contributed by atoms with Crippen molar-refractivity contribution in [2.24, 2.45) is 4.99 Å². The minimum Gasteiger partial charge on any atom is -0.381 e. The van der Waals surface area contributed by atoms with Gasteiger partial charge in [-0.05, 0) is 37.5 Å². The summed E-state index contributed by atoms with van der Waals surface area (Å²) in [5.41, 5.74) is 10.2. The van der Waals surface area contributed by atoms with Crippen LogP contribution >= 0.6 is 24.0 Å². The number of benzene rings is 2. The number of hydrogen-bond acceptors (Lipinski definition) is 4. The molecular weight excluding hydrogens is 489 g/mol. The first-order chi connectivity index (χ1) is 14.2. The number of aliphatic imine (C=N–C) groups is 1. The molecule has 0 fully saturated rings.